The van der Waals surface area contributed by atoms with Crippen molar-refractivity contribution in [2.45, 2.75) is 11.4 Å². The number of nitrogens with one attached hydrogen (secondary N) is 1. The number of esters is 1. The Bertz CT molecular complexity index is 1160. The zero-order valence-corrected chi connectivity index (χ0v) is 17.2. The lowest BCUT2D eigenvalue weighted by molar-refractivity contribution is -0.124. The summed E-state index contributed by atoms with van der Waals surface area (Å²) in [7, 11) is -3.77. The van der Waals surface area contributed by atoms with Gasteiger partial charge in [-0.15, -0.1) is 0 Å². The fourth-order valence-corrected chi connectivity index (χ4v) is 3.11. The Morgan fingerprint density at radius 2 is 1.52 bits per heavy atom. The van der Waals surface area contributed by atoms with Gasteiger partial charge >= 0.3 is 5.97 Å². The minimum Gasteiger partial charge on any atom is -0.456 e. The van der Waals surface area contributed by atoms with Gasteiger partial charge in [0.2, 0.25) is 10.0 Å². The molecule has 3 aromatic carbocycles. The van der Waals surface area contributed by atoms with E-state index in [0.29, 0.717) is 17.1 Å². The van der Waals surface area contributed by atoms with Crippen LogP contribution in [0.5, 0.6) is 11.5 Å². The van der Waals surface area contributed by atoms with Crippen molar-refractivity contribution in [3.63, 3.8) is 0 Å². The van der Waals surface area contributed by atoms with Crippen molar-refractivity contribution >= 4 is 21.9 Å². The Hall–Kier alpha value is -3.69. The number of rotatable bonds is 8. The molecule has 0 unspecified atom stereocenters. The molecule has 0 spiro atoms. The van der Waals surface area contributed by atoms with Crippen LogP contribution in [0.1, 0.15) is 15.9 Å². The number of sulfonamides is 1. The summed E-state index contributed by atoms with van der Waals surface area (Å²) in [6.45, 7) is -0.344. The van der Waals surface area contributed by atoms with Gasteiger partial charge in [0, 0.05) is 6.54 Å². The maximum Gasteiger partial charge on any atom is 0.342 e. The summed E-state index contributed by atoms with van der Waals surface area (Å²) < 4.78 is 33.3. The first kappa shape index (κ1) is 22.0. The summed E-state index contributed by atoms with van der Waals surface area (Å²) in [6.07, 6.45) is 0. The molecule has 0 aliphatic heterocycles. The minimum atomic E-state index is -3.77. The number of para-hydroxylation sites is 2. The maximum atomic E-state index is 12.4. The number of benzene rings is 3. The number of hydrogen-bond donors (Lipinski definition) is 2. The number of primary sulfonamides is 1. The van der Waals surface area contributed by atoms with Crippen LogP contribution in [0, 0.1) is 0 Å². The molecule has 0 radical (unpaired) electrons. The van der Waals surface area contributed by atoms with E-state index in [-0.39, 0.29) is 17.0 Å². The maximum absolute atomic E-state index is 12.4. The molecule has 3 rings (SSSR count). The standard InChI is InChI=1S/C22H20N2O6S/c23-31(27,28)18-12-10-16(11-13-18)14-24-21(25)15-29-22(26)19-8-4-5-9-20(19)30-17-6-2-1-3-7-17/h1-13H,14-15H2,(H,24,25)(H2,23,27,28). The molecule has 8 nitrogen and oxygen atoms in total. The molecule has 0 aromatic heterocycles. The number of hydrogen-bond acceptors (Lipinski definition) is 6. The fourth-order valence-electron chi connectivity index (χ4n) is 2.60. The highest BCUT2D eigenvalue weighted by Crippen LogP contribution is 2.25. The molecule has 0 bridgehead atoms. The van der Waals surface area contributed by atoms with E-state index in [9.17, 15) is 18.0 Å². The first-order valence-corrected chi connectivity index (χ1v) is 10.7. The first-order chi connectivity index (χ1) is 14.8. The molecule has 9 heteroatoms. The topological polar surface area (TPSA) is 125 Å². The summed E-state index contributed by atoms with van der Waals surface area (Å²) in [6, 6.07) is 21.3. The van der Waals surface area contributed by atoms with Crippen LogP contribution in [0.25, 0.3) is 0 Å². The summed E-state index contributed by atoms with van der Waals surface area (Å²) >= 11 is 0. The third kappa shape index (κ3) is 6.39. The number of ether oxygens (including phenoxy) is 2. The zero-order valence-electron chi connectivity index (χ0n) is 16.4. The van der Waals surface area contributed by atoms with Crippen LogP contribution in [0.2, 0.25) is 0 Å². The highest BCUT2D eigenvalue weighted by Gasteiger charge is 2.16. The molecule has 3 N–H and O–H groups in total. The van der Waals surface area contributed by atoms with E-state index < -0.39 is 28.5 Å². The summed E-state index contributed by atoms with van der Waals surface area (Å²) in [5.41, 5.74) is 0.853. The van der Waals surface area contributed by atoms with Gasteiger partial charge in [-0.05, 0) is 42.0 Å². The molecule has 3 aromatic rings. The highest BCUT2D eigenvalue weighted by atomic mass is 32.2. The Kier molecular flexibility index (Phi) is 7.01. The molecule has 1 amide bonds. The Morgan fingerprint density at radius 3 is 2.19 bits per heavy atom. The van der Waals surface area contributed by atoms with Gasteiger partial charge in [0.1, 0.15) is 17.1 Å². The van der Waals surface area contributed by atoms with Gasteiger partial charge in [0.05, 0.1) is 4.90 Å². The van der Waals surface area contributed by atoms with Gasteiger partial charge in [-0.25, -0.2) is 18.4 Å². The lowest BCUT2D eigenvalue weighted by Gasteiger charge is -2.11. The molecular formula is C22H20N2O6S. The zero-order chi connectivity index (χ0) is 22.3. The van der Waals surface area contributed by atoms with Crippen LogP contribution in [0.15, 0.2) is 83.8 Å². The monoisotopic (exact) mass is 440 g/mol. The third-order valence-electron chi connectivity index (χ3n) is 4.15. The molecular weight excluding hydrogens is 420 g/mol. The van der Waals surface area contributed by atoms with E-state index in [0.717, 1.165) is 0 Å². The van der Waals surface area contributed by atoms with Crippen LogP contribution >= 0.6 is 0 Å². The lowest BCUT2D eigenvalue weighted by atomic mass is 10.2. The predicted octanol–water partition coefficient (Wildman–Crippen LogP) is 2.60. The molecule has 0 atom stereocenters. The van der Waals surface area contributed by atoms with Crippen LogP contribution in [0.4, 0.5) is 0 Å². The van der Waals surface area contributed by atoms with Crippen molar-refractivity contribution in [3.8, 4) is 11.5 Å². The van der Waals surface area contributed by atoms with Crippen molar-refractivity contribution in [2.24, 2.45) is 5.14 Å². The molecule has 0 heterocycles. The van der Waals surface area contributed by atoms with E-state index in [2.05, 4.69) is 5.32 Å². The number of nitrogens with two attached hydrogens (primary N) is 1. The third-order valence-corrected chi connectivity index (χ3v) is 5.08. The number of carbonyl (C=O) groups is 2. The van der Waals surface area contributed by atoms with Crippen molar-refractivity contribution in [3.05, 3.63) is 90.0 Å². The molecule has 160 valence electrons. The molecule has 0 fully saturated rings. The van der Waals surface area contributed by atoms with Gasteiger partial charge in [0.25, 0.3) is 5.91 Å². The van der Waals surface area contributed by atoms with Crippen molar-refractivity contribution < 1.29 is 27.5 Å². The fraction of sp³-hybridized carbons (Fsp3) is 0.0909. The van der Waals surface area contributed by atoms with Crippen molar-refractivity contribution in [2.75, 3.05) is 6.61 Å². The highest BCUT2D eigenvalue weighted by molar-refractivity contribution is 7.89. The molecule has 0 aliphatic carbocycles. The van der Waals surface area contributed by atoms with Crippen LogP contribution in [0.3, 0.4) is 0 Å². The van der Waals surface area contributed by atoms with E-state index >= 15 is 0 Å². The van der Waals surface area contributed by atoms with Gasteiger partial charge in [0.15, 0.2) is 6.61 Å². The van der Waals surface area contributed by atoms with Crippen LogP contribution < -0.4 is 15.2 Å². The Balaban J connectivity index is 1.53. The Morgan fingerprint density at radius 1 is 0.871 bits per heavy atom. The van der Waals surface area contributed by atoms with E-state index in [1.54, 1.807) is 36.4 Å². The number of carbonyl (C=O) groups excluding carboxylic acids is 2. The minimum absolute atomic E-state index is 0.0205. The van der Waals surface area contributed by atoms with Gasteiger partial charge < -0.3 is 14.8 Å². The normalized spacial score (nSPS) is 10.9. The summed E-state index contributed by atoms with van der Waals surface area (Å²) in [4.78, 5) is 24.4. The second-order valence-electron chi connectivity index (χ2n) is 6.45. The largest absolute Gasteiger partial charge is 0.456 e. The van der Waals surface area contributed by atoms with E-state index in [1.807, 2.05) is 18.2 Å². The Labute approximate surface area is 179 Å². The van der Waals surface area contributed by atoms with Gasteiger partial charge in [-0.1, -0.05) is 42.5 Å². The first-order valence-electron chi connectivity index (χ1n) is 9.20. The average molecular weight is 440 g/mol. The second-order valence-corrected chi connectivity index (χ2v) is 8.01. The molecule has 0 saturated carbocycles. The van der Waals surface area contributed by atoms with Crippen molar-refractivity contribution in [1.29, 1.82) is 0 Å². The quantitative estimate of drug-likeness (QED) is 0.519. The van der Waals surface area contributed by atoms with Crippen LogP contribution in [-0.4, -0.2) is 26.9 Å². The smallest absolute Gasteiger partial charge is 0.342 e. The SMILES string of the molecule is NS(=O)(=O)c1ccc(CNC(=O)COC(=O)c2ccccc2Oc2ccccc2)cc1. The number of amides is 1. The molecule has 31 heavy (non-hydrogen) atoms. The van der Waals surface area contributed by atoms with Crippen molar-refractivity contribution in [1.82, 2.24) is 5.32 Å². The average Bonchev–Trinajstić information content (AvgIpc) is 2.77. The predicted molar refractivity (Wildman–Crippen MR) is 113 cm³/mol. The second kappa shape index (κ2) is 9.88. The summed E-state index contributed by atoms with van der Waals surface area (Å²) in [5.74, 6) is -0.326. The lowest BCUT2D eigenvalue weighted by Crippen LogP contribution is -2.28. The van der Waals surface area contributed by atoms with E-state index in [1.165, 1.54) is 24.3 Å². The summed E-state index contributed by atoms with van der Waals surface area (Å²) in [5, 5.41) is 7.63. The van der Waals surface area contributed by atoms with E-state index in [4.69, 9.17) is 14.6 Å². The van der Waals surface area contributed by atoms with Gasteiger partial charge in [-0.3, -0.25) is 4.79 Å². The molecule has 0 aliphatic rings. The van der Waals surface area contributed by atoms with Crippen LogP contribution in [-0.2, 0) is 26.1 Å². The van der Waals surface area contributed by atoms with Gasteiger partial charge in [-0.2, -0.15) is 0 Å². The molecule has 0 saturated heterocycles.